The maximum atomic E-state index is 12.9. The van der Waals surface area contributed by atoms with E-state index >= 15 is 0 Å². The molecule has 0 aliphatic carbocycles. The summed E-state index contributed by atoms with van der Waals surface area (Å²) in [6, 6.07) is 0. The first-order valence-corrected chi connectivity index (χ1v) is 4.51. The van der Waals surface area contributed by atoms with Crippen molar-refractivity contribution in [2.75, 3.05) is 13.6 Å². The third kappa shape index (κ3) is 2.16. The molecule has 0 aromatic heterocycles. The van der Waals surface area contributed by atoms with Crippen molar-refractivity contribution in [3.05, 3.63) is 0 Å². The lowest BCUT2D eigenvalue weighted by Gasteiger charge is -2.28. The van der Waals surface area contributed by atoms with Gasteiger partial charge in [0.1, 0.15) is 0 Å². The minimum atomic E-state index is -3.18. The minimum Gasteiger partial charge on any atom is -0.292 e. The molecule has 80 valence electrons. The summed E-state index contributed by atoms with van der Waals surface area (Å²) in [5.41, 5.74) is -1.04. The van der Waals surface area contributed by atoms with Crippen LogP contribution in [0.25, 0.3) is 0 Å². The van der Waals surface area contributed by atoms with E-state index in [1.54, 1.807) is 0 Å². The zero-order valence-electron chi connectivity index (χ0n) is 8.87. The van der Waals surface area contributed by atoms with Gasteiger partial charge in [0.15, 0.2) is 6.17 Å². The quantitative estimate of drug-likeness (QED) is 0.577. The summed E-state index contributed by atoms with van der Waals surface area (Å²) < 4.78 is 38.3. The Labute approximate surface area is 77.9 Å². The van der Waals surface area contributed by atoms with Gasteiger partial charge in [-0.2, -0.15) is 0 Å². The van der Waals surface area contributed by atoms with Crippen LogP contribution in [0.15, 0.2) is 0 Å². The molecule has 0 aromatic carbocycles. The summed E-state index contributed by atoms with van der Waals surface area (Å²) >= 11 is 0. The van der Waals surface area contributed by atoms with Crippen LogP contribution in [-0.2, 0) is 0 Å². The average Bonchev–Trinajstić information content (AvgIpc) is 2.17. The molecule has 0 saturated carbocycles. The normalized spacial score (nSPS) is 30.9. The van der Waals surface area contributed by atoms with Crippen LogP contribution in [0.1, 0.15) is 27.7 Å². The predicted octanol–water partition coefficient (Wildman–Crippen LogP) is 2.71. The van der Waals surface area contributed by atoms with Crippen LogP contribution in [0, 0.1) is 0 Å². The van der Waals surface area contributed by atoms with Crippen molar-refractivity contribution in [1.29, 1.82) is 0 Å². The largest absolute Gasteiger partial charge is 0.292 e. The van der Waals surface area contributed by atoms with E-state index in [0.717, 1.165) is 0 Å². The summed E-state index contributed by atoms with van der Waals surface area (Å²) in [6.45, 7) is 6.48. The van der Waals surface area contributed by atoms with E-state index in [1.807, 2.05) is 13.8 Å². The smallest absolute Gasteiger partial charge is 0.292 e. The van der Waals surface area contributed by atoms with E-state index in [1.165, 1.54) is 25.8 Å². The Morgan fingerprint density at radius 1 is 1.23 bits per heavy atom. The molecule has 13 heavy (non-hydrogen) atoms. The highest BCUT2D eigenvalue weighted by atomic mass is 19.3. The molecular formula is C9H18F3N. The molecule has 0 spiro atoms. The van der Waals surface area contributed by atoms with Crippen LogP contribution in [0.5, 0.6) is 0 Å². The van der Waals surface area contributed by atoms with E-state index in [0.29, 0.717) is 0 Å². The van der Waals surface area contributed by atoms with Crippen molar-refractivity contribution < 1.29 is 13.2 Å². The van der Waals surface area contributed by atoms with Crippen LogP contribution in [0.2, 0.25) is 0 Å². The second-order valence-corrected chi connectivity index (χ2v) is 3.63. The first-order chi connectivity index (χ1) is 5.78. The Morgan fingerprint density at radius 2 is 1.62 bits per heavy atom. The van der Waals surface area contributed by atoms with Gasteiger partial charge in [0.2, 0.25) is 0 Å². The fourth-order valence-electron chi connectivity index (χ4n) is 1.31. The fraction of sp³-hybridized carbons (Fsp3) is 1.00. The zero-order chi connectivity index (χ0) is 10.9. The molecule has 1 nitrogen and oxygen atoms in total. The van der Waals surface area contributed by atoms with Crippen LogP contribution >= 0.6 is 0 Å². The van der Waals surface area contributed by atoms with Crippen molar-refractivity contribution >= 4 is 0 Å². The number of nitrogens with zero attached hydrogens (tertiary/aromatic N) is 1. The van der Waals surface area contributed by atoms with Crippen molar-refractivity contribution in [3.8, 4) is 0 Å². The molecule has 0 radical (unpaired) electrons. The Bertz CT molecular complexity index is 168. The number of alkyl halides is 3. The van der Waals surface area contributed by atoms with Gasteiger partial charge in [-0.05, 0) is 20.9 Å². The third-order valence-corrected chi connectivity index (χ3v) is 2.42. The molecule has 1 rings (SSSR count). The van der Waals surface area contributed by atoms with Crippen molar-refractivity contribution in [2.45, 2.75) is 45.3 Å². The van der Waals surface area contributed by atoms with Gasteiger partial charge >= 0.3 is 0 Å². The third-order valence-electron chi connectivity index (χ3n) is 2.42. The molecule has 1 unspecified atom stereocenters. The fourth-order valence-corrected chi connectivity index (χ4v) is 1.31. The molecule has 0 aromatic rings. The average molecular weight is 197 g/mol. The van der Waals surface area contributed by atoms with Gasteiger partial charge in [-0.3, -0.25) is 4.90 Å². The van der Waals surface area contributed by atoms with Gasteiger partial charge < -0.3 is 0 Å². The lowest BCUT2D eigenvalue weighted by molar-refractivity contribution is -0.0511. The number of rotatable bonds is 0. The van der Waals surface area contributed by atoms with E-state index in [9.17, 15) is 13.2 Å². The first kappa shape index (κ1) is 12.8. The number of halogens is 3. The molecule has 0 N–H and O–H groups in total. The molecule has 1 atom stereocenters. The Hall–Kier alpha value is -0.250. The lowest BCUT2D eigenvalue weighted by atomic mass is 9.99. The molecule has 1 saturated heterocycles. The van der Waals surface area contributed by atoms with E-state index < -0.39 is 24.2 Å². The molecular weight excluding hydrogens is 179 g/mol. The molecule has 1 fully saturated rings. The monoisotopic (exact) mass is 197 g/mol. The van der Waals surface area contributed by atoms with Crippen molar-refractivity contribution in [3.63, 3.8) is 0 Å². The zero-order valence-corrected chi connectivity index (χ0v) is 8.87. The van der Waals surface area contributed by atoms with E-state index in [4.69, 9.17) is 0 Å². The second kappa shape index (κ2) is 3.86. The van der Waals surface area contributed by atoms with E-state index in [2.05, 4.69) is 0 Å². The van der Waals surface area contributed by atoms with Gasteiger partial charge in [0, 0.05) is 0 Å². The van der Waals surface area contributed by atoms with Crippen LogP contribution in [0.4, 0.5) is 13.2 Å². The van der Waals surface area contributed by atoms with Gasteiger partial charge in [0.05, 0.1) is 12.1 Å². The highest BCUT2D eigenvalue weighted by Gasteiger charge is 2.58. The molecule has 1 heterocycles. The maximum Gasteiger partial charge on any atom is 0.292 e. The number of likely N-dealkylation sites (tertiary alicyclic amines) is 1. The molecule has 0 bridgehead atoms. The Balaban J connectivity index is 0.000000671. The summed E-state index contributed by atoms with van der Waals surface area (Å²) in [6.07, 6.45) is -2.06. The molecule has 1 aliphatic rings. The van der Waals surface area contributed by atoms with Crippen LogP contribution in [0.3, 0.4) is 0 Å². The molecule has 4 heteroatoms. The van der Waals surface area contributed by atoms with Crippen LogP contribution < -0.4 is 0 Å². The van der Waals surface area contributed by atoms with Gasteiger partial charge in [-0.15, -0.1) is 0 Å². The highest BCUT2D eigenvalue weighted by Crippen LogP contribution is 2.40. The maximum absolute atomic E-state index is 12.9. The van der Waals surface area contributed by atoms with Gasteiger partial charge in [-0.25, -0.2) is 13.2 Å². The summed E-state index contributed by atoms with van der Waals surface area (Å²) in [5.74, 6) is -3.18. The highest BCUT2D eigenvalue weighted by molar-refractivity contribution is 5.04. The van der Waals surface area contributed by atoms with Gasteiger partial charge in [-0.1, -0.05) is 13.8 Å². The SMILES string of the molecule is CC.CN1CC(F)(F)C(F)C1(C)C. The summed E-state index contributed by atoms with van der Waals surface area (Å²) in [5, 5.41) is 0. The standard InChI is InChI=1S/C7H12F3N.C2H6/c1-6(2)5(8)7(9,10)4-11(6)3;1-2/h5H,4H2,1-3H3;1-2H3. The molecule has 0 amide bonds. The van der Waals surface area contributed by atoms with E-state index in [-0.39, 0.29) is 0 Å². The van der Waals surface area contributed by atoms with Crippen molar-refractivity contribution in [2.24, 2.45) is 0 Å². The number of hydrogen-bond acceptors (Lipinski definition) is 1. The number of hydrogen-bond donors (Lipinski definition) is 0. The summed E-state index contributed by atoms with van der Waals surface area (Å²) in [7, 11) is 1.51. The summed E-state index contributed by atoms with van der Waals surface area (Å²) in [4.78, 5) is 1.34. The second-order valence-electron chi connectivity index (χ2n) is 3.63. The van der Waals surface area contributed by atoms with Gasteiger partial charge in [0.25, 0.3) is 5.92 Å². The predicted molar refractivity (Wildman–Crippen MR) is 47.9 cm³/mol. The Kier molecular flexibility index (Phi) is 3.79. The lowest BCUT2D eigenvalue weighted by Crippen LogP contribution is -2.42. The molecule has 1 aliphatic heterocycles. The first-order valence-electron chi connectivity index (χ1n) is 4.51. The topological polar surface area (TPSA) is 3.24 Å². The minimum absolute atomic E-state index is 0.485. The Morgan fingerprint density at radius 3 is 1.69 bits per heavy atom. The van der Waals surface area contributed by atoms with Crippen molar-refractivity contribution in [1.82, 2.24) is 4.90 Å². The van der Waals surface area contributed by atoms with Crippen LogP contribution in [-0.4, -0.2) is 36.1 Å².